The Morgan fingerprint density at radius 3 is 2.58 bits per heavy atom. The molecular weight excluding hydrogens is 264 g/mol. The second-order valence-electron chi connectivity index (χ2n) is 4.68. The van der Waals surface area contributed by atoms with E-state index in [0.717, 1.165) is 18.2 Å². The molecule has 0 spiro atoms. The normalized spacial score (nSPS) is 13.2. The molecule has 0 aliphatic rings. The highest BCUT2D eigenvalue weighted by atomic mass is 32.2. The summed E-state index contributed by atoms with van der Waals surface area (Å²) in [5.41, 5.74) is 7.46. The molecule has 1 aromatic rings. The Bertz CT molecular complexity index is 523. The van der Waals surface area contributed by atoms with Gasteiger partial charge in [0.2, 0.25) is 0 Å². The molecule has 0 saturated heterocycles. The van der Waals surface area contributed by atoms with E-state index in [1.165, 1.54) is 0 Å². The maximum Gasteiger partial charge on any atom is 0.155 e. The van der Waals surface area contributed by atoms with Crippen molar-refractivity contribution in [2.45, 2.75) is 32.2 Å². The molecule has 0 saturated carbocycles. The number of carbonyl (C=O) groups is 1. The third-order valence-electron chi connectivity index (χ3n) is 2.86. The largest absolute Gasteiger partial charge is 0.321 e. The lowest BCUT2D eigenvalue weighted by molar-refractivity contribution is -0.119. The Hall–Kier alpha value is -1.27. The van der Waals surface area contributed by atoms with Gasteiger partial charge in [-0.3, -0.25) is 9.78 Å². The first-order valence-corrected chi connectivity index (χ1v) is 8.27. The first-order valence-electron chi connectivity index (χ1n) is 6.21. The standard InChI is InChI=1S/C13H20N2O3S/c1-3-10-4-5-11(15-9-10)8-13(16)12(14)6-7-19(2,17)18/h4-5,9,12H,3,6-8,14H2,1-2H3. The van der Waals surface area contributed by atoms with Gasteiger partial charge in [-0.05, 0) is 24.5 Å². The quantitative estimate of drug-likeness (QED) is 0.788. The Kier molecular flexibility index (Phi) is 5.62. The van der Waals surface area contributed by atoms with Crippen LogP contribution >= 0.6 is 0 Å². The number of aryl methyl sites for hydroxylation is 1. The Morgan fingerprint density at radius 2 is 2.11 bits per heavy atom. The summed E-state index contributed by atoms with van der Waals surface area (Å²) in [5.74, 6) is -0.248. The summed E-state index contributed by atoms with van der Waals surface area (Å²) < 4.78 is 22.0. The highest BCUT2D eigenvalue weighted by Gasteiger charge is 2.16. The van der Waals surface area contributed by atoms with Crippen molar-refractivity contribution in [3.8, 4) is 0 Å². The van der Waals surface area contributed by atoms with Crippen LogP contribution in [-0.2, 0) is 27.5 Å². The molecule has 0 radical (unpaired) electrons. The lowest BCUT2D eigenvalue weighted by Crippen LogP contribution is -2.33. The van der Waals surface area contributed by atoms with Crippen LogP contribution < -0.4 is 5.73 Å². The zero-order chi connectivity index (χ0) is 14.5. The second kappa shape index (κ2) is 6.77. The van der Waals surface area contributed by atoms with E-state index in [2.05, 4.69) is 4.98 Å². The van der Waals surface area contributed by atoms with Crippen molar-refractivity contribution in [1.82, 2.24) is 4.98 Å². The van der Waals surface area contributed by atoms with Gasteiger partial charge in [0.25, 0.3) is 0 Å². The van der Waals surface area contributed by atoms with Crippen molar-refractivity contribution in [2.75, 3.05) is 12.0 Å². The molecule has 1 heterocycles. The van der Waals surface area contributed by atoms with Crippen LogP contribution in [-0.4, -0.2) is 37.2 Å². The van der Waals surface area contributed by atoms with Crippen molar-refractivity contribution in [2.24, 2.45) is 5.73 Å². The first-order chi connectivity index (χ1) is 8.81. The van der Waals surface area contributed by atoms with Crippen LogP contribution in [0.15, 0.2) is 18.3 Å². The topological polar surface area (TPSA) is 90.1 Å². The van der Waals surface area contributed by atoms with Crippen LogP contribution in [0.5, 0.6) is 0 Å². The van der Waals surface area contributed by atoms with E-state index in [1.807, 2.05) is 13.0 Å². The van der Waals surface area contributed by atoms with Crippen molar-refractivity contribution >= 4 is 15.6 Å². The maximum absolute atomic E-state index is 11.8. The van der Waals surface area contributed by atoms with E-state index < -0.39 is 15.9 Å². The SMILES string of the molecule is CCc1ccc(CC(=O)C(N)CCS(C)(=O)=O)nc1. The number of Topliss-reactive ketones (excluding diaryl/α,β-unsaturated/α-hetero) is 1. The van der Waals surface area contributed by atoms with Crippen LogP contribution in [0.2, 0.25) is 0 Å². The number of sulfone groups is 1. The van der Waals surface area contributed by atoms with E-state index in [4.69, 9.17) is 5.73 Å². The fourth-order valence-corrected chi connectivity index (χ4v) is 2.26. The van der Waals surface area contributed by atoms with Crippen LogP contribution in [0.4, 0.5) is 0 Å². The fourth-order valence-electron chi connectivity index (χ4n) is 1.58. The molecule has 0 aromatic carbocycles. The number of pyridine rings is 1. The smallest absolute Gasteiger partial charge is 0.155 e. The minimum Gasteiger partial charge on any atom is -0.321 e. The predicted octanol–water partition coefficient (Wildman–Crippen LogP) is 0.518. The molecule has 2 N–H and O–H groups in total. The molecule has 5 nitrogen and oxygen atoms in total. The minimum absolute atomic E-state index is 0.0674. The number of nitrogens with zero attached hydrogens (tertiary/aromatic N) is 1. The summed E-state index contributed by atoms with van der Waals surface area (Å²) in [6.07, 6.45) is 4.08. The monoisotopic (exact) mass is 284 g/mol. The molecule has 0 aliphatic heterocycles. The van der Waals surface area contributed by atoms with Crippen LogP contribution in [0.1, 0.15) is 24.6 Å². The molecule has 0 fully saturated rings. The summed E-state index contributed by atoms with van der Waals surface area (Å²) in [6.45, 7) is 2.03. The third-order valence-corrected chi connectivity index (χ3v) is 3.84. The Balaban J connectivity index is 2.53. The lowest BCUT2D eigenvalue weighted by Gasteiger charge is -2.09. The van der Waals surface area contributed by atoms with Crippen molar-refractivity contribution < 1.29 is 13.2 Å². The third kappa shape index (κ3) is 5.94. The summed E-state index contributed by atoms with van der Waals surface area (Å²) in [6, 6.07) is 2.99. The number of rotatable bonds is 7. The maximum atomic E-state index is 11.8. The number of hydrogen-bond donors (Lipinski definition) is 1. The predicted molar refractivity (Wildman–Crippen MR) is 74.6 cm³/mol. The Labute approximate surface area is 114 Å². The van der Waals surface area contributed by atoms with Crippen LogP contribution in [0.25, 0.3) is 0 Å². The number of nitrogens with two attached hydrogens (primary N) is 1. The van der Waals surface area contributed by atoms with Gasteiger partial charge in [-0.15, -0.1) is 0 Å². The Morgan fingerprint density at radius 1 is 1.42 bits per heavy atom. The van der Waals surface area contributed by atoms with E-state index in [-0.39, 0.29) is 24.4 Å². The van der Waals surface area contributed by atoms with Gasteiger partial charge in [-0.1, -0.05) is 13.0 Å². The molecule has 106 valence electrons. The van der Waals surface area contributed by atoms with Gasteiger partial charge in [0.15, 0.2) is 5.78 Å². The number of hydrogen-bond acceptors (Lipinski definition) is 5. The zero-order valence-electron chi connectivity index (χ0n) is 11.3. The molecule has 0 amide bonds. The first kappa shape index (κ1) is 15.8. The average molecular weight is 284 g/mol. The van der Waals surface area contributed by atoms with E-state index >= 15 is 0 Å². The second-order valence-corrected chi connectivity index (χ2v) is 6.94. The van der Waals surface area contributed by atoms with Crippen LogP contribution in [0, 0.1) is 0 Å². The lowest BCUT2D eigenvalue weighted by atomic mass is 10.1. The van der Waals surface area contributed by atoms with E-state index in [9.17, 15) is 13.2 Å². The molecule has 1 unspecified atom stereocenters. The van der Waals surface area contributed by atoms with Gasteiger partial charge in [-0.25, -0.2) is 8.42 Å². The highest BCUT2D eigenvalue weighted by Crippen LogP contribution is 2.04. The van der Waals surface area contributed by atoms with Crippen molar-refractivity contribution in [3.05, 3.63) is 29.6 Å². The molecular formula is C13H20N2O3S. The summed E-state index contributed by atoms with van der Waals surface area (Å²) in [4.78, 5) is 16.0. The number of ketones is 1. The van der Waals surface area contributed by atoms with Gasteiger partial charge in [0.1, 0.15) is 9.84 Å². The van der Waals surface area contributed by atoms with E-state index in [0.29, 0.717) is 5.69 Å². The molecule has 0 bridgehead atoms. The highest BCUT2D eigenvalue weighted by molar-refractivity contribution is 7.90. The van der Waals surface area contributed by atoms with Crippen molar-refractivity contribution in [3.63, 3.8) is 0 Å². The van der Waals surface area contributed by atoms with Gasteiger partial charge in [0, 0.05) is 18.1 Å². The van der Waals surface area contributed by atoms with E-state index in [1.54, 1.807) is 12.3 Å². The summed E-state index contributed by atoms with van der Waals surface area (Å²) >= 11 is 0. The minimum atomic E-state index is -3.08. The zero-order valence-corrected chi connectivity index (χ0v) is 12.1. The molecule has 1 rings (SSSR count). The molecule has 6 heteroatoms. The molecule has 0 aliphatic carbocycles. The van der Waals surface area contributed by atoms with Crippen LogP contribution in [0.3, 0.4) is 0 Å². The summed E-state index contributed by atoms with van der Waals surface area (Å²) in [7, 11) is -3.08. The molecule has 19 heavy (non-hydrogen) atoms. The van der Waals surface area contributed by atoms with Gasteiger partial charge in [-0.2, -0.15) is 0 Å². The fraction of sp³-hybridized carbons (Fsp3) is 0.538. The van der Waals surface area contributed by atoms with Gasteiger partial charge < -0.3 is 5.73 Å². The summed E-state index contributed by atoms with van der Waals surface area (Å²) in [5, 5.41) is 0. The number of carbonyl (C=O) groups excluding carboxylic acids is 1. The van der Waals surface area contributed by atoms with Crippen molar-refractivity contribution in [1.29, 1.82) is 0 Å². The van der Waals surface area contributed by atoms with Gasteiger partial charge >= 0.3 is 0 Å². The number of aromatic nitrogens is 1. The molecule has 1 aromatic heterocycles. The van der Waals surface area contributed by atoms with Gasteiger partial charge in [0.05, 0.1) is 18.2 Å². The molecule has 1 atom stereocenters. The average Bonchev–Trinajstić information content (AvgIpc) is 2.36.